The van der Waals surface area contributed by atoms with Gasteiger partial charge in [0, 0.05) is 12.5 Å². The zero-order valence-corrected chi connectivity index (χ0v) is 11.7. The van der Waals surface area contributed by atoms with Gasteiger partial charge in [-0.25, -0.2) is 4.39 Å². The Kier molecular flexibility index (Phi) is 5.57. The van der Waals surface area contributed by atoms with E-state index in [1.807, 2.05) is 13.8 Å². The van der Waals surface area contributed by atoms with Gasteiger partial charge < -0.3 is 19.7 Å². The normalized spacial score (nSPS) is 14.3. The maximum atomic E-state index is 13.9. The molecule has 4 nitrogen and oxygen atoms in total. The number of halogens is 1. The number of hydrogen-bond acceptors (Lipinski definition) is 4. The van der Waals surface area contributed by atoms with Crippen molar-refractivity contribution in [2.45, 2.75) is 33.0 Å². The summed E-state index contributed by atoms with van der Waals surface area (Å²) in [7, 11) is 1.36. The molecule has 2 atom stereocenters. The molecule has 19 heavy (non-hydrogen) atoms. The number of ether oxygens (including phenoxy) is 2. The highest BCUT2D eigenvalue weighted by molar-refractivity contribution is 5.45. The third-order valence-corrected chi connectivity index (χ3v) is 2.77. The summed E-state index contributed by atoms with van der Waals surface area (Å²) in [5, 5.41) is 19.1. The molecule has 0 saturated heterocycles. The summed E-state index contributed by atoms with van der Waals surface area (Å²) < 4.78 is 24.4. The number of benzene rings is 1. The van der Waals surface area contributed by atoms with Crippen molar-refractivity contribution in [1.29, 1.82) is 0 Å². The SMILES string of the molecule is COc1c(F)cc([C@@H](O)[C@H](C)CO)cc1OC(C)C. The van der Waals surface area contributed by atoms with Crippen LogP contribution in [0.3, 0.4) is 0 Å². The molecule has 108 valence electrons. The number of aliphatic hydroxyl groups is 2. The van der Waals surface area contributed by atoms with Gasteiger partial charge in [0.2, 0.25) is 0 Å². The van der Waals surface area contributed by atoms with E-state index in [0.29, 0.717) is 5.56 Å². The predicted molar refractivity (Wildman–Crippen MR) is 69.9 cm³/mol. The van der Waals surface area contributed by atoms with Crippen molar-refractivity contribution < 1.29 is 24.1 Å². The molecule has 1 rings (SSSR count). The van der Waals surface area contributed by atoms with Crippen LogP contribution < -0.4 is 9.47 Å². The van der Waals surface area contributed by atoms with Crippen molar-refractivity contribution in [1.82, 2.24) is 0 Å². The van der Waals surface area contributed by atoms with Gasteiger partial charge in [0.1, 0.15) is 0 Å². The van der Waals surface area contributed by atoms with E-state index in [2.05, 4.69) is 0 Å². The van der Waals surface area contributed by atoms with E-state index >= 15 is 0 Å². The summed E-state index contributed by atoms with van der Waals surface area (Å²) in [5.41, 5.74) is 0.357. The molecule has 0 aliphatic rings. The number of aliphatic hydroxyl groups excluding tert-OH is 2. The van der Waals surface area contributed by atoms with E-state index in [4.69, 9.17) is 14.6 Å². The van der Waals surface area contributed by atoms with E-state index in [1.165, 1.54) is 13.2 Å². The van der Waals surface area contributed by atoms with Crippen molar-refractivity contribution in [3.63, 3.8) is 0 Å². The van der Waals surface area contributed by atoms with Crippen LogP contribution in [0, 0.1) is 11.7 Å². The van der Waals surface area contributed by atoms with Gasteiger partial charge in [0.05, 0.1) is 19.3 Å². The summed E-state index contributed by atoms with van der Waals surface area (Å²) in [5.74, 6) is -0.725. The lowest BCUT2D eigenvalue weighted by molar-refractivity contribution is 0.0763. The van der Waals surface area contributed by atoms with Crippen molar-refractivity contribution in [2.75, 3.05) is 13.7 Å². The summed E-state index contributed by atoms with van der Waals surface area (Å²) in [4.78, 5) is 0. The Bertz CT molecular complexity index is 420. The largest absolute Gasteiger partial charge is 0.490 e. The Morgan fingerprint density at radius 3 is 2.37 bits per heavy atom. The second kappa shape index (κ2) is 6.73. The van der Waals surface area contributed by atoms with Gasteiger partial charge >= 0.3 is 0 Å². The summed E-state index contributed by atoms with van der Waals surface area (Å²) in [6.07, 6.45) is -1.10. The topological polar surface area (TPSA) is 58.9 Å². The molecule has 0 aliphatic heterocycles. The minimum Gasteiger partial charge on any atom is -0.490 e. The lowest BCUT2D eigenvalue weighted by Gasteiger charge is -2.20. The molecule has 0 aromatic heterocycles. The van der Waals surface area contributed by atoms with Crippen LogP contribution in [0.25, 0.3) is 0 Å². The van der Waals surface area contributed by atoms with Crippen LogP contribution in [0.5, 0.6) is 11.5 Å². The Hall–Kier alpha value is -1.33. The predicted octanol–water partition coefficient (Wildman–Crippen LogP) is 2.28. The maximum absolute atomic E-state index is 13.9. The molecule has 0 heterocycles. The average Bonchev–Trinajstić information content (AvgIpc) is 2.35. The van der Waals surface area contributed by atoms with E-state index in [1.54, 1.807) is 13.0 Å². The van der Waals surface area contributed by atoms with Crippen LogP contribution in [0.15, 0.2) is 12.1 Å². The molecule has 0 unspecified atom stereocenters. The third kappa shape index (κ3) is 3.81. The first-order valence-corrected chi connectivity index (χ1v) is 6.23. The highest BCUT2D eigenvalue weighted by atomic mass is 19.1. The molecule has 0 spiro atoms. The molecule has 0 bridgehead atoms. The monoisotopic (exact) mass is 272 g/mol. The molecular formula is C14H21FO4. The quantitative estimate of drug-likeness (QED) is 0.834. The Labute approximate surface area is 112 Å². The van der Waals surface area contributed by atoms with Crippen LogP contribution in [0.4, 0.5) is 4.39 Å². The third-order valence-electron chi connectivity index (χ3n) is 2.77. The first-order valence-electron chi connectivity index (χ1n) is 6.23. The second-order valence-corrected chi connectivity index (χ2v) is 4.81. The average molecular weight is 272 g/mol. The maximum Gasteiger partial charge on any atom is 0.196 e. The minimum atomic E-state index is -0.958. The van der Waals surface area contributed by atoms with Crippen molar-refractivity contribution in [2.24, 2.45) is 5.92 Å². The Morgan fingerprint density at radius 2 is 1.89 bits per heavy atom. The summed E-state index contributed by atoms with van der Waals surface area (Å²) in [6.45, 7) is 5.12. The van der Waals surface area contributed by atoms with Crippen LogP contribution >= 0.6 is 0 Å². The van der Waals surface area contributed by atoms with Crippen LogP contribution in [-0.2, 0) is 0 Å². The van der Waals surface area contributed by atoms with E-state index in [0.717, 1.165) is 0 Å². The van der Waals surface area contributed by atoms with Crippen molar-refractivity contribution >= 4 is 0 Å². The molecule has 0 aliphatic carbocycles. The molecule has 1 aromatic rings. The summed E-state index contributed by atoms with van der Waals surface area (Å²) in [6, 6.07) is 2.74. The molecular weight excluding hydrogens is 251 g/mol. The van der Waals surface area contributed by atoms with Crippen molar-refractivity contribution in [3.8, 4) is 11.5 Å². The fourth-order valence-electron chi connectivity index (χ4n) is 1.73. The number of rotatable bonds is 6. The lowest BCUT2D eigenvalue weighted by Crippen LogP contribution is -2.14. The molecule has 5 heteroatoms. The highest BCUT2D eigenvalue weighted by Crippen LogP contribution is 2.35. The van der Waals surface area contributed by atoms with E-state index < -0.39 is 11.9 Å². The Balaban J connectivity index is 3.18. The van der Waals surface area contributed by atoms with Crippen LogP contribution in [-0.4, -0.2) is 30.0 Å². The smallest absolute Gasteiger partial charge is 0.196 e. The van der Waals surface area contributed by atoms with Gasteiger partial charge in [-0.3, -0.25) is 0 Å². The molecule has 0 saturated carbocycles. The zero-order chi connectivity index (χ0) is 14.6. The molecule has 0 radical (unpaired) electrons. The molecule has 0 fully saturated rings. The van der Waals surface area contributed by atoms with Crippen LogP contribution in [0.2, 0.25) is 0 Å². The minimum absolute atomic E-state index is 0.0151. The fourth-order valence-corrected chi connectivity index (χ4v) is 1.73. The molecule has 0 amide bonds. The lowest BCUT2D eigenvalue weighted by atomic mass is 9.97. The van der Waals surface area contributed by atoms with Gasteiger partial charge in [-0.2, -0.15) is 0 Å². The zero-order valence-electron chi connectivity index (χ0n) is 11.7. The van der Waals surface area contributed by atoms with Gasteiger partial charge in [0.15, 0.2) is 17.3 Å². The van der Waals surface area contributed by atoms with Gasteiger partial charge in [0.25, 0.3) is 0 Å². The summed E-state index contributed by atoms with van der Waals surface area (Å²) >= 11 is 0. The van der Waals surface area contributed by atoms with Crippen molar-refractivity contribution in [3.05, 3.63) is 23.5 Å². The van der Waals surface area contributed by atoms with Gasteiger partial charge in [-0.1, -0.05) is 6.92 Å². The number of hydrogen-bond donors (Lipinski definition) is 2. The fraction of sp³-hybridized carbons (Fsp3) is 0.571. The van der Waals surface area contributed by atoms with Gasteiger partial charge in [-0.05, 0) is 31.5 Å². The van der Waals surface area contributed by atoms with Gasteiger partial charge in [-0.15, -0.1) is 0 Å². The number of methoxy groups -OCH3 is 1. The highest BCUT2D eigenvalue weighted by Gasteiger charge is 2.21. The van der Waals surface area contributed by atoms with E-state index in [9.17, 15) is 9.50 Å². The molecule has 1 aromatic carbocycles. The Morgan fingerprint density at radius 1 is 1.26 bits per heavy atom. The first kappa shape index (κ1) is 15.7. The standard InChI is InChI=1S/C14H21FO4/c1-8(2)19-12-6-10(13(17)9(3)7-16)5-11(15)14(12)18-4/h5-6,8-9,13,16-17H,7H2,1-4H3/t9-,13+/m1/s1. The van der Waals surface area contributed by atoms with E-state index in [-0.39, 0.29) is 30.1 Å². The molecule has 2 N–H and O–H groups in total. The second-order valence-electron chi connectivity index (χ2n) is 4.81. The first-order chi connectivity index (χ1) is 8.90. The van der Waals surface area contributed by atoms with Crippen LogP contribution in [0.1, 0.15) is 32.4 Å².